The molecule has 2 aromatic carbocycles. The summed E-state index contributed by atoms with van der Waals surface area (Å²) in [5, 5.41) is 15.8. The first-order chi connectivity index (χ1) is 21.0. The summed E-state index contributed by atoms with van der Waals surface area (Å²) in [6, 6.07) is 12.4. The molecular weight excluding hydrogens is 560 g/mol. The molecule has 3 rings (SSSR count). The van der Waals surface area contributed by atoms with Crippen LogP contribution in [0.3, 0.4) is 0 Å². The molecule has 0 unspecified atom stereocenters. The predicted molar refractivity (Wildman–Crippen MR) is 173 cm³/mol. The van der Waals surface area contributed by atoms with Crippen LogP contribution in [0.4, 0.5) is 10.5 Å². The molecule has 0 bridgehead atoms. The molecule has 244 valence electrons. The Morgan fingerprint density at radius 2 is 1.86 bits per heavy atom. The molecule has 0 radical (unpaired) electrons. The molecule has 3 amide bonds. The van der Waals surface area contributed by atoms with Crippen molar-refractivity contribution in [2.75, 3.05) is 45.8 Å². The Balaban J connectivity index is 1.88. The van der Waals surface area contributed by atoms with Gasteiger partial charge in [0.25, 0.3) is 5.91 Å². The fourth-order valence-corrected chi connectivity index (χ4v) is 5.31. The lowest BCUT2D eigenvalue weighted by Crippen LogP contribution is -2.47. The van der Waals surface area contributed by atoms with E-state index in [0.717, 1.165) is 31.6 Å². The summed E-state index contributed by atoms with van der Waals surface area (Å²) in [5.74, 6) is 0.987. The third-order valence-corrected chi connectivity index (χ3v) is 7.83. The summed E-state index contributed by atoms with van der Waals surface area (Å²) in [7, 11) is 3.73. The van der Waals surface area contributed by atoms with Crippen LogP contribution in [0.5, 0.6) is 11.5 Å². The van der Waals surface area contributed by atoms with E-state index in [9.17, 15) is 14.7 Å². The maximum Gasteiger partial charge on any atom is 0.319 e. The van der Waals surface area contributed by atoms with Crippen LogP contribution in [-0.4, -0.2) is 91.6 Å². The smallest absolute Gasteiger partial charge is 0.319 e. The average molecular weight is 613 g/mol. The summed E-state index contributed by atoms with van der Waals surface area (Å²) >= 11 is 0. The molecule has 0 aliphatic carbocycles. The van der Waals surface area contributed by atoms with E-state index in [0.29, 0.717) is 36.7 Å². The lowest BCUT2D eigenvalue weighted by Gasteiger charge is -2.36. The van der Waals surface area contributed by atoms with Crippen LogP contribution in [0.15, 0.2) is 42.5 Å². The van der Waals surface area contributed by atoms with Gasteiger partial charge in [0.2, 0.25) is 0 Å². The Hall–Kier alpha value is -3.34. The number of nitrogens with zero attached hydrogens (tertiary/aromatic N) is 2. The summed E-state index contributed by atoms with van der Waals surface area (Å²) in [5.41, 5.74) is 2.00. The number of likely N-dealkylation sites (N-methyl/N-ethyl adjacent to an activating group) is 1. The number of hydrogen-bond acceptors (Lipinski definition) is 7. The summed E-state index contributed by atoms with van der Waals surface area (Å²) < 4.78 is 18.1. The highest BCUT2D eigenvalue weighted by Gasteiger charge is 2.30. The molecule has 2 aromatic rings. The van der Waals surface area contributed by atoms with Crippen molar-refractivity contribution in [3.8, 4) is 11.5 Å². The van der Waals surface area contributed by atoms with Gasteiger partial charge in [0.05, 0.1) is 37.5 Å². The molecule has 10 nitrogen and oxygen atoms in total. The second-order valence-electron chi connectivity index (χ2n) is 12.3. The van der Waals surface area contributed by atoms with E-state index in [2.05, 4.69) is 41.6 Å². The zero-order chi connectivity index (χ0) is 32.2. The van der Waals surface area contributed by atoms with E-state index in [1.807, 2.05) is 39.8 Å². The first kappa shape index (κ1) is 35.1. The molecule has 0 saturated heterocycles. The van der Waals surface area contributed by atoms with Gasteiger partial charge in [0, 0.05) is 43.9 Å². The minimum absolute atomic E-state index is 0.0318. The Labute approximate surface area is 263 Å². The number of benzene rings is 2. The third kappa shape index (κ3) is 10.7. The number of urea groups is 1. The molecule has 4 atom stereocenters. The molecule has 0 spiro atoms. The average Bonchev–Trinajstić information content (AvgIpc) is 2.98. The Bertz CT molecular complexity index is 1190. The topological polar surface area (TPSA) is 113 Å². The van der Waals surface area contributed by atoms with Crippen LogP contribution >= 0.6 is 0 Å². The van der Waals surface area contributed by atoms with E-state index in [1.165, 1.54) is 5.56 Å². The number of rotatable bonds is 9. The first-order valence-electron chi connectivity index (χ1n) is 15.7. The number of aliphatic hydroxyl groups excluding tert-OH is 1. The predicted octanol–water partition coefficient (Wildman–Crippen LogP) is 5.15. The SMILES string of the molecule is COc1ccc(CN(C)C[C@H]2OCCCC[C@H](C)Oc3ccc(NC(=O)NC(C)C)cc3C(=O)N([C@H](C)CO)C[C@@H]2C)cc1. The van der Waals surface area contributed by atoms with Gasteiger partial charge in [-0.2, -0.15) is 0 Å². The molecular formula is C34H52N4O6. The number of amides is 3. The quantitative estimate of drug-likeness (QED) is 0.359. The Kier molecular flexibility index (Phi) is 13.8. The molecule has 0 saturated carbocycles. The molecule has 0 aromatic heterocycles. The minimum Gasteiger partial charge on any atom is -0.497 e. The van der Waals surface area contributed by atoms with Crippen LogP contribution < -0.4 is 20.1 Å². The van der Waals surface area contributed by atoms with E-state index >= 15 is 0 Å². The molecule has 3 N–H and O–H groups in total. The Morgan fingerprint density at radius 1 is 1.14 bits per heavy atom. The number of aliphatic hydroxyl groups is 1. The number of methoxy groups -OCH3 is 1. The van der Waals surface area contributed by atoms with E-state index in [1.54, 1.807) is 30.2 Å². The van der Waals surface area contributed by atoms with Crippen molar-refractivity contribution in [1.82, 2.24) is 15.1 Å². The highest BCUT2D eigenvalue weighted by molar-refractivity contribution is 5.99. The summed E-state index contributed by atoms with van der Waals surface area (Å²) in [4.78, 5) is 30.6. The summed E-state index contributed by atoms with van der Waals surface area (Å²) in [6.07, 6.45) is 2.37. The molecule has 10 heteroatoms. The van der Waals surface area contributed by atoms with Crippen LogP contribution in [-0.2, 0) is 11.3 Å². The number of anilines is 1. The van der Waals surface area contributed by atoms with E-state index in [4.69, 9.17) is 14.2 Å². The normalized spacial score (nSPS) is 20.8. The lowest BCUT2D eigenvalue weighted by molar-refractivity contribution is -0.0177. The first-order valence-corrected chi connectivity index (χ1v) is 15.7. The zero-order valence-electron chi connectivity index (χ0n) is 27.5. The van der Waals surface area contributed by atoms with Gasteiger partial charge in [0.15, 0.2) is 0 Å². The van der Waals surface area contributed by atoms with Gasteiger partial charge in [0.1, 0.15) is 11.5 Å². The van der Waals surface area contributed by atoms with Gasteiger partial charge >= 0.3 is 6.03 Å². The van der Waals surface area contributed by atoms with Crippen LogP contribution in [0.2, 0.25) is 0 Å². The lowest BCUT2D eigenvalue weighted by atomic mass is 10.0. The molecule has 1 aliphatic rings. The number of carbonyl (C=O) groups excluding carboxylic acids is 2. The van der Waals surface area contributed by atoms with Crippen molar-refractivity contribution in [2.24, 2.45) is 5.92 Å². The molecule has 44 heavy (non-hydrogen) atoms. The van der Waals surface area contributed by atoms with Crippen molar-refractivity contribution >= 4 is 17.6 Å². The van der Waals surface area contributed by atoms with Gasteiger partial charge in [-0.15, -0.1) is 0 Å². The van der Waals surface area contributed by atoms with Gasteiger partial charge in [-0.3, -0.25) is 9.69 Å². The van der Waals surface area contributed by atoms with Gasteiger partial charge in [-0.1, -0.05) is 19.1 Å². The molecule has 0 fully saturated rings. The van der Waals surface area contributed by atoms with Crippen LogP contribution in [0.25, 0.3) is 0 Å². The maximum atomic E-state index is 14.2. The number of hydrogen-bond donors (Lipinski definition) is 3. The highest BCUT2D eigenvalue weighted by atomic mass is 16.5. The number of carbonyl (C=O) groups is 2. The van der Waals surface area contributed by atoms with Crippen molar-refractivity contribution in [3.63, 3.8) is 0 Å². The minimum atomic E-state index is -0.443. The number of fused-ring (bicyclic) bond motifs is 1. The zero-order valence-corrected chi connectivity index (χ0v) is 27.5. The molecule has 1 heterocycles. The fourth-order valence-electron chi connectivity index (χ4n) is 5.31. The standard InChI is InChI=1S/C34H52N4O6/c1-23(2)35-34(41)36-28-13-16-31-30(18-28)33(40)38(25(4)22-39)19-24(3)32(43-17-9-8-10-26(5)44-31)21-37(6)20-27-11-14-29(42-7)15-12-27/h11-16,18,23-26,32,39H,8-10,17,19-22H2,1-7H3,(H2,35,36,41)/t24-,25+,26-,32+/m0/s1. The third-order valence-electron chi connectivity index (χ3n) is 7.83. The molecule has 1 aliphatic heterocycles. The van der Waals surface area contributed by atoms with Crippen molar-refractivity contribution in [3.05, 3.63) is 53.6 Å². The number of nitrogens with one attached hydrogen (secondary N) is 2. The fraction of sp³-hybridized carbons (Fsp3) is 0.588. The van der Waals surface area contributed by atoms with Crippen LogP contribution in [0, 0.1) is 5.92 Å². The highest BCUT2D eigenvalue weighted by Crippen LogP contribution is 2.28. The van der Waals surface area contributed by atoms with Gasteiger partial charge in [-0.25, -0.2) is 4.79 Å². The number of ether oxygens (including phenoxy) is 3. The van der Waals surface area contributed by atoms with Crippen molar-refractivity contribution in [2.45, 2.75) is 84.7 Å². The second-order valence-corrected chi connectivity index (χ2v) is 12.3. The maximum absolute atomic E-state index is 14.2. The van der Waals surface area contributed by atoms with E-state index in [-0.39, 0.29) is 42.7 Å². The van der Waals surface area contributed by atoms with Gasteiger partial charge < -0.3 is 34.9 Å². The Morgan fingerprint density at radius 3 is 2.52 bits per heavy atom. The second kappa shape index (κ2) is 17.2. The van der Waals surface area contributed by atoms with Gasteiger partial charge in [-0.05, 0) is 89.9 Å². The van der Waals surface area contributed by atoms with Crippen molar-refractivity contribution < 1.29 is 28.9 Å². The van der Waals surface area contributed by atoms with Crippen molar-refractivity contribution in [1.29, 1.82) is 0 Å². The summed E-state index contributed by atoms with van der Waals surface area (Å²) in [6.45, 7) is 11.9. The monoisotopic (exact) mass is 612 g/mol. The largest absolute Gasteiger partial charge is 0.497 e. The van der Waals surface area contributed by atoms with Crippen LogP contribution in [0.1, 0.15) is 69.8 Å². The van der Waals surface area contributed by atoms with E-state index < -0.39 is 6.04 Å².